The van der Waals surface area contributed by atoms with Crippen LogP contribution in [-0.4, -0.2) is 65.4 Å². The van der Waals surface area contributed by atoms with E-state index in [1.165, 1.54) is 16.7 Å². The van der Waals surface area contributed by atoms with Crippen LogP contribution in [-0.2, 0) is 13.0 Å². The molecule has 1 N–H and O–H groups in total. The molecule has 164 valence electrons. The summed E-state index contributed by atoms with van der Waals surface area (Å²) >= 11 is 0. The van der Waals surface area contributed by atoms with E-state index in [1.54, 1.807) is 0 Å². The van der Waals surface area contributed by atoms with E-state index >= 15 is 0 Å². The summed E-state index contributed by atoms with van der Waals surface area (Å²) in [7, 11) is 2.10. The second kappa shape index (κ2) is 8.52. The first-order valence-electron chi connectivity index (χ1n) is 10.8. The van der Waals surface area contributed by atoms with Gasteiger partial charge in [0, 0.05) is 50.3 Å². The number of amides is 1. The zero-order chi connectivity index (χ0) is 20.8. The van der Waals surface area contributed by atoms with Gasteiger partial charge in [-0.15, -0.1) is 12.4 Å². The number of halogens is 1. The Bertz CT molecular complexity index is 1120. The molecule has 0 unspecified atom stereocenters. The quantitative estimate of drug-likeness (QED) is 0.663. The molecule has 2 aliphatic heterocycles. The van der Waals surface area contributed by atoms with Crippen LogP contribution in [0, 0.1) is 13.8 Å². The maximum absolute atomic E-state index is 13.3. The number of hydrogen-bond acceptors (Lipinski definition) is 4. The Hall–Kier alpha value is -2.57. The fourth-order valence-electron chi connectivity index (χ4n) is 4.62. The molecule has 5 rings (SSSR count). The number of nitrogens with one attached hydrogen (secondary N) is 1. The van der Waals surface area contributed by atoms with Gasteiger partial charge in [0.15, 0.2) is 5.82 Å². The van der Waals surface area contributed by atoms with Crippen molar-refractivity contribution < 1.29 is 4.79 Å². The maximum Gasteiger partial charge on any atom is 0.272 e. The Morgan fingerprint density at radius 2 is 1.74 bits per heavy atom. The average molecular weight is 440 g/mol. The van der Waals surface area contributed by atoms with Crippen LogP contribution >= 0.6 is 12.4 Å². The minimum Gasteiger partial charge on any atom is -0.355 e. The highest BCUT2D eigenvalue weighted by molar-refractivity contribution is 6.01. The summed E-state index contributed by atoms with van der Waals surface area (Å²) in [4.78, 5) is 28.3. The molecule has 1 amide bonds. The lowest BCUT2D eigenvalue weighted by atomic mass is 10.00. The van der Waals surface area contributed by atoms with Crippen LogP contribution in [0.15, 0.2) is 30.3 Å². The number of carbonyl (C=O) groups excluding carboxylic acids is 1. The first kappa shape index (κ1) is 21.7. The smallest absolute Gasteiger partial charge is 0.272 e. The molecule has 7 heteroatoms. The lowest BCUT2D eigenvalue weighted by Gasteiger charge is -2.33. The van der Waals surface area contributed by atoms with Crippen LogP contribution in [0.1, 0.15) is 32.9 Å². The largest absolute Gasteiger partial charge is 0.355 e. The van der Waals surface area contributed by atoms with Gasteiger partial charge >= 0.3 is 0 Å². The van der Waals surface area contributed by atoms with Crippen molar-refractivity contribution >= 4 is 35.0 Å². The molecule has 0 radical (unpaired) electrons. The number of anilines is 1. The van der Waals surface area contributed by atoms with Gasteiger partial charge in [-0.3, -0.25) is 4.79 Å². The fraction of sp³-hybridized carbons (Fsp3) is 0.417. The molecular formula is C24H30ClN5O. The zero-order valence-corrected chi connectivity index (χ0v) is 19.3. The molecule has 0 saturated carbocycles. The first-order valence-corrected chi connectivity index (χ1v) is 10.8. The van der Waals surface area contributed by atoms with Crippen molar-refractivity contribution in [3.05, 3.63) is 58.4 Å². The molecule has 1 fully saturated rings. The lowest BCUT2D eigenvalue weighted by molar-refractivity contribution is 0.0658. The SMILES string of the molecule is Cc1[nH]c2c(N3CCc4ccccc4C3)nc(C(=O)N3CCN(C)CC3)cc2c1C.Cl. The fourth-order valence-corrected chi connectivity index (χ4v) is 4.62. The summed E-state index contributed by atoms with van der Waals surface area (Å²) in [6, 6.07) is 10.6. The molecule has 4 heterocycles. The molecule has 1 saturated heterocycles. The van der Waals surface area contributed by atoms with Crippen molar-refractivity contribution in [1.29, 1.82) is 0 Å². The van der Waals surface area contributed by atoms with E-state index in [0.717, 1.165) is 68.1 Å². The predicted molar refractivity (Wildman–Crippen MR) is 127 cm³/mol. The molecule has 31 heavy (non-hydrogen) atoms. The van der Waals surface area contributed by atoms with E-state index in [9.17, 15) is 4.79 Å². The summed E-state index contributed by atoms with van der Waals surface area (Å²) < 4.78 is 0. The lowest BCUT2D eigenvalue weighted by Crippen LogP contribution is -2.47. The van der Waals surface area contributed by atoms with Gasteiger partial charge in [-0.1, -0.05) is 24.3 Å². The number of aromatic nitrogens is 2. The van der Waals surface area contributed by atoms with Crippen LogP contribution < -0.4 is 4.90 Å². The molecule has 0 spiro atoms. The summed E-state index contributed by atoms with van der Waals surface area (Å²) in [5, 5.41) is 1.11. The number of rotatable bonds is 2. The zero-order valence-electron chi connectivity index (χ0n) is 18.4. The van der Waals surface area contributed by atoms with Crippen LogP contribution in [0.4, 0.5) is 5.82 Å². The van der Waals surface area contributed by atoms with Crippen LogP contribution in [0.3, 0.4) is 0 Å². The topological polar surface area (TPSA) is 55.5 Å². The number of fused-ring (bicyclic) bond motifs is 2. The molecule has 6 nitrogen and oxygen atoms in total. The van der Waals surface area contributed by atoms with Gasteiger partial charge in [-0.05, 0) is 50.1 Å². The number of aromatic amines is 1. The number of carbonyl (C=O) groups is 1. The van der Waals surface area contributed by atoms with Gasteiger partial charge in [0.05, 0.1) is 5.52 Å². The number of nitrogens with zero attached hydrogens (tertiary/aromatic N) is 4. The first-order chi connectivity index (χ1) is 14.5. The van der Waals surface area contributed by atoms with Gasteiger partial charge in [0.2, 0.25) is 0 Å². The Balaban J connectivity index is 0.00000231. The normalized spacial score (nSPS) is 16.9. The number of pyridine rings is 1. The van der Waals surface area contributed by atoms with Gasteiger partial charge in [0.1, 0.15) is 5.69 Å². The highest BCUT2D eigenvalue weighted by Crippen LogP contribution is 2.32. The van der Waals surface area contributed by atoms with E-state index < -0.39 is 0 Å². The van der Waals surface area contributed by atoms with E-state index in [2.05, 4.69) is 59.9 Å². The van der Waals surface area contributed by atoms with Crippen LogP contribution in [0.2, 0.25) is 0 Å². The Kier molecular flexibility index (Phi) is 5.95. The number of H-pyrrole nitrogens is 1. The van der Waals surface area contributed by atoms with E-state index in [0.29, 0.717) is 5.69 Å². The number of benzene rings is 1. The molecular weight excluding hydrogens is 410 g/mol. The molecule has 1 aromatic carbocycles. The van der Waals surface area contributed by atoms with Gasteiger partial charge in [0.25, 0.3) is 5.91 Å². The average Bonchev–Trinajstić information content (AvgIpc) is 3.06. The van der Waals surface area contributed by atoms with E-state index in [-0.39, 0.29) is 18.3 Å². The van der Waals surface area contributed by atoms with Gasteiger partial charge in [-0.25, -0.2) is 4.98 Å². The number of hydrogen-bond donors (Lipinski definition) is 1. The van der Waals surface area contributed by atoms with Crippen LogP contribution in [0.5, 0.6) is 0 Å². The van der Waals surface area contributed by atoms with Crippen molar-refractivity contribution in [2.75, 3.05) is 44.7 Å². The molecule has 0 atom stereocenters. The van der Waals surface area contributed by atoms with Crippen molar-refractivity contribution in [3.8, 4) is 0 Å². The van der Waals surface area contributed by atoms with E-state index in [4.69, 9.17) is 4.98 Å². The minimum atomic E-state index is 0. The number of piperazine rings is 1. The van der Waals surface area contributed by atoms with Crippen molar-refractivity contribution in [2.45, 2.75) is 26.8 Å². The number of aryl methyl sites for hydroxylation is 2. The molecule has 0 bridgehead atoms. The molecule has 3 aromatic rings. The standard InChI is InChI=1S/C24H29N5O.ClH/c1-16-17(2)25-22-20(16)14-21(24(30)28-12-10-27(3)11-13-28)26-23(22)29-9-8-18-6-4-5-7-19(18)15-29;/h4-7,14,25H,8-13,15H2,1-3H3;1H. The highest BCUT2D eigenvalue weighted by Gasteiger charge is 2.26. The molecule has 0 aliphatic carbocycles. The molecule has 2 aliphatic rings. The third kappa shape index (κ3) is 3.90. The molecule has 2 aromatic heterocycles. The maximum atomic E-state index is 13.3. The second-order valence-corrected chi connectivity index (χ2v) is 8.66. The third-order valence-electron chi connectivity index (χ3n) is 6.72. The Morgan fingerprint density at radius 1 is 1.03 bits per heavy atom. The summed E-state index contributed by atoms with van der Waals surface area (Å²) in [6.07, 6.45) is 0.995. The summed E-state index contributed by atoms with van der Waals surface area (Å²) in [5.41, 5.74) is 6.68. The van der Waals surface area contributed by atoms with Gasteiger partial charge in [-0.2, -0.15) is 0 Å². The number of likely N-dealkylation sites (N-methyl/N-ethyl adjacent to an activating group) is 1. The van der Waals surface area contributed by atoms with Crippen LogP contribution in [0.25, 0.3) is 10.9 Å². The summed E-state index contributed by atoms with van der Waals surface area (Å²) in [6.45, 7) is 9.27. The Labute approximate surface area is 189 Å². The van der Waals surface area contributed by atoms with Crippen molar-refractivity contribution in [3.63, 3.8) is 0 Å². The third-order valence-corrected chi connectivity index (χ3v) is 6.72. The van der Waals surface area contributed by atoms with Crippen molar-refractivity contribution in [1.82, 2.24) is 19.8 Å². The minimum absolute atomic E-state index is 0. The Morgan fingerprint density at radius 3 is 2.48 bits per heavy atom. The second-order valence-electron chi connectivity index (χ2n) is 8.66. The van der Waals surface area contributed by atoms with E-state index in [1.807, 2.05) is 11.0 Å². The van der Waals surface area contributed by atoms with Gasteiger partial charge < -0.3 is 19.7 Å². The van der Waals surface area contributed by atoms with Crippen molar-refractivity contribution in [2.24, 2.45) is 0 Å². The monoisotopic (exact) mass is 439 g/mol. The summed E-state index contributed by atoms with van der Waals surface area (Å²) in [5.74, 6) is 0.942. The predicted octanol–water partition coefficient (Wildman–Crippen LogP) is 3.55. The highest BCUT2D eigenvalue weighted by atomic mass is 35.5.